The van der Waals surface area contributed by atoms with Crippen LogP contribution in [0.25, 0.3) is 0 Å². The summed E-state index contributed by atoms with van der Waals surface area (Å²) in [4.78, 5) is 0. The van der Waals surface area contributed by atoms with Crippen molar-refractivity contribution in [2.24, 2.45) is 5.84 Å². The number of aryl methyl sites for hydroxylation is 2. The predicted molar refractivity (Wildman–Crippen MR) is 48.1 cm³/mol. The zero-order chi connectivity index (χ0) is 8.43. The zero-order valence-electron chi connectivity index (χ0n) is 6.81. The van der Waals surface area contributed by atoms with Gasteiger partial charge in [-0.15, -0.1) is 0 Å². The predicted octanol–water partition coefficient (Wildman–Crippen LogP) is 1.17. The van der Waals surface area contributed by atoms with Gasteiger partial charge in [0.05, 0.1) is 11.4 Å². The van der Waals surface area contributed by atoms with E-state index in [4.69, 9.17) is 11.6 Å². The second-order valence-electron chi connectivity index (χ2n) is 2.69. The van der Waals surface area contributed by atoms with Gasteiger partial charge in [-0.25, -0.2) is 0 Å². The maximum Gasteiger partial charge on any atom is 0.0745 e. The molecule has 0 heterocycles. The Hall–Kier alpha value is -1.22. The first kappa shape index (κ1) is 7.88. The summed E-state index contributed by atoms with van der Waals surface area (Å²) in [6, 6.07) is 3.92. The van der Waals surface area contributed by atoms with Gasteiger partial charge in [-0.3, -0.25) is 5.84 Å². The lowest BCUT2D eigenvalue weighted by Crippen LogP contribution is -2.10. The number of benzene rings is 1. The molecular formula is C8H13N3. The van der Waals surface area contributed by atoms with Crippen molar-refractivity contribution < 1.29 is 0 Å². The second kappa shape index (κ2) is 2.80. The van der Waals surface area contributed by atoms with Gasteiger partial charge in [0.2, 0.25) is 0 Å². The fourth-order valence-electron chi connectivity index (χ4n) is 1.20. The van der Waals surface area contributed by atoms with Crippen LogP contribution in [-0.2, 0) is 0 Å². The van der Waals surface area contributed by atoms with Crippen molar-refractivity contribution in [1.82, 2.24) is 0 Å². The molecule has 0 spiro atoms. The maximum absolute atomic E-state index is 5.69. The molecule has 3 heteroatoms. The Morgan fingerprint density at radius 2 is 1.91 bits per heavy atom. The third-order valence-corrected chi connectivity index (χ3v) is 1.65. The Balaban J connectivity index is 3.25. The van der Waals surface area contributed by atoms with Crippen molar-refractivity contribution in [2.45, 2.75) is 13.8 Å². The van der Waals surface area contributed by atoms with Crippen LogP contribution in [0.5, 0.6) is 0 Å². The number of rotatable bonds is 1. The average molecular weight is 151 g/mol. The summed E-state index contributed by atoms with van der Waals surface area (Å²) >= 11 is 0. The van der Waals surface area contributed by atoms with Crippen LogP contribution in [0.15, 0.2) is 12.1 Å². The van der Waals surface area contributed by atoms with Crippen molar-refractivity contribution >= 4 is 11.4 Å². The average Bonchev–Trinajstić information content (AvgIpc) is 1.85. The van der Waals surface area contributed by atoms with Crippen LogP contribution in [0, 0.1) is 13.8 Å². The van der Waals surface area contributed by atoms with Gasteiger partial charge in [0.1, 0.15) is 0 Å². The molecule has 3 nitrogen and oxygen atoms in total. The number of nitrogens with two attached hydrogens (primary N) is 2. The SMILES string of the molecule is Cc1cc(C)c(NN)c(N)c1. The molecular weight excluding hydrogens is 138 g/mol. The monoisotopic (exact) mass is 151 g/mol. The van der Waals surface area contributed by atoms with Crippen LogP contribution in [0.1, 0.15) is 11.1 Å². The van der Waals surface area contributed by atoms with Gasteiger partial charge in [0.15, 0.2) is 0 Å². The molecule has 0 unspecified atom stereocenters. The Kier molecular flexibility index (Phi) is 2.01. The van der Waals surface area contributed by atoms with E-state index in [1.807, 2.05) is 26.0 Å². The first-order valence-electron chi connectivity index (χ1n) is 3.48. The van der Waals surface area contributed by atoms with Gasteiger partial charge in [-0.1, -0.05) is 6.07 Å². The molecule has 0 aliphatic rings. The number of anilines is 2. The molecule has 0 bridgehead atoms. The van der Waals surface area contributed by atoms with Gasteiger partial charge in [-0.2, -0.15) is 0 Å². The van der Waals surface area contributed by atoms with E-state index in [1.54, 1.807) is 0 Å². The lowest BCUT2D eigenvalue weighted by molar-refractivity contribution is 1.29. The van der Waals surface area contributed by atoms with Crippen molar-refractivity contribution in [3.63, 3.8) is 0 Å². The third-order valence-electron chi connectivity index (χ3n) is 1.65. The van der Waals surface area contributed by atoms with Crippen LogP contribution >= 0.6 is 0 Å². The highest BCUT2D eigenvalue weighted by atomic mass is 15.2. The highest BCUT2D eigenvalue weighted by molar-refractivity contribution is 5.70. The van der Waals surface area contributed by atoms with Gasteiger partial charge in [0.25, 0.3) is 0 Å². The summed E-state index contributed by atoms with van der Waals surface area (Å²) < 4.78 is 0. The standard InChI is InChI=1S/C8H13N3/c1-5-3-6(2)8(11-10)7(9)4-5/h3-4,11H,9-10H2,1-2H3. The van der Waals surface area contributed by atoms with E-state index in [2.05, 4.69) is 5.43 Å². The first-order valence-corrected chi connectivity index (χ1v) is 3.48. The second-order valence-corrected chi connectivity index (χ2v) is 2.69. The van der Waals surface area contributed by atoms with E-state index in [-0.39, 0.29) is 0 Å². The van der Waals surface area contributed by atoms with Crippen molar-refractivity contribution in [2.75, 3.05) is 11.2 Å². The minimum absolute atomic E-state index is 0.699. The molecule has 1 aromatic carbocycles. The third kappa shape index (κ3) is 1.43. The molecule has 0 amide bonds. The van der Waals surface area contributed by atoms with E-state index in [0.717, 1.165) is 16.8 Å². The molecule has 0 saturated heterocycles. The maximum atomic E-state index is 5.69. The van der Waals surface area contributed by atoms with Crippen LogP contribution in [0.4, 0.5) is 11.4 Å². The van der Waals surface area contributed by atoms with Crippen LogP contribution < -0.4 is 17.0 Å². The molecule has 11 heavy (non-hydrogen) atoms. The van der Waals surface area contributed by atoms with Crippen LogP contribution in [0.3, 0.4) is 0 Å². The first-order chi connectivity index (χ1) is 5.15. The van der Waals surface area contributed by atoms with E-state index < -0.39 is 0 Å². The summed E-state index contributed by atoms with van der Waals surface area (Å²) in [5.41, 5.74) is 12.0. The molecule has 0 aliphatic heterocycles. The molecule has 0 saturated carbocycles. The normalized spacial score (nSPS) is 9.73. The van der Waals surface area contributed by atoms with Crippen LogP contribution in [0.2, 0.25) is 0 Å². The number of hydrogen-bond acceptors (Lipinski definition) is 3. The molecule has 0 radical (unpaired) electrons. The Morgan fingerprint density at radius 3 is 2.36 bits per heavy atom. The summed E-state index contributed by atoms with van der Waals surface area (Å²) in [5.74, 6) is 5.27. The highest BCUT2D eigenvalue weighted by Gasteiger charge is 2.00. The fraction of sp³-hybridized carbons (Fsp3) is 0.250. The number of nitrogen functional groups attached to an aromatic ring is 2. The van der Waals surface area contributed by atoms with Crippen molar-refractivity contribution in [3.05, 3.63) is 23.3 Å². The van der Waals surface area contributed by atoms with Gasteiger partial charge in [0, 0.05) is 0 Å². The Labute approximate surface area is 66.4 Å². The smallest absolute Gasteiger partial charge is 0.0745 e. The number of nitrogens with one attached hydrogen (secondary N) is 1. The van der Waals surface area contributed by atoms with Gasteiger partial charge in [-0.05, 0) is 31.0 Å². The Morgan fingerprint density at radius 1 is 1.27 bits per heavy atom. The molecule has 0 aliphatic carbocycles. The molecule has 1 rings (SSSR count). The quantitative estimate of drug-likeness (QED) is 0.321. The minimum Gasteiger partial charge on any atom is -0.397 e. The molecule has 60 valence electrons. The summed E-state index contributed by atoms with van der Waals surface area (Å²) in [6.07, 6.45) is 0. The van der Waals surface area contributed by atoms with Crippen LogP contribution in [-0.4, -0.2) is 0 Å². The lowest BCUT2D eigenvalue weighted by atomic mass is 10.1. The molecule has 0 atom stereocenters. The topological polar surface area (TPSA) is 64.1 Å². The summed E-state index contributed by atoms with van der Waals surface area (Å²) in [7, 11) is 0. The minimum atomic E-state index is 0.699. The number of hydrazine groups is 1. The molecule has 1 aromatic rings. The number of hydrogen-bond donors (Lipinski definition) is 3. The molecule has 5 N–H and O–H groups in total. The summed E-state index contributed by atoms with van der Waals surface area (Å²) in [6.45, 7) is 3.97. The Bertz CT molecular complexity index is 245. The van der Waals surface area contributed by atoms with E-state index in [0.29, 0.717) is 5.69 Å². The highest BCUT2D eigenvalue weighted by Crippen LogP contribution is 2.23. The molecule has 0 fully saturated rings. The van der Waals surface area contributed by atoms with Gasteiger partial charge >= 0.3 is 0 Å². The van der Waals surface area contributed by atoms with Crippen molar-refractivity contribution in [3.8, 4) is 0 Å². The van der Waals surface area contributed by atoms with E-state index in [9.17, 15) is 0 Å². The fourth-order valence-corrected chi connectivity index (χ4v) is 1.20. The van der Waals surface area contributed by atoms with E-state index in [1.165, 1.54) is 0 Å². The van der Waals surface area contributed by atoms with Crippen molar-refractivity contribution in [1.29, 1.82) is 0 Å². The van der Waals surface area contributed by atoms with Gasteiger partial charge < -0.3 is 11.2 Å². The zero-order valence-corrected chi connectivity index (χ0v) is 6.81. The lowest BCUT2D eigenvalue weighted by Gasteiger charge is -2.08. The largest absolute Gasteiger partial charge is 0.397 e. The van der Waals surface area contributed by atoms with E-state index >= 15 is 0 Å². The summed E-state index contributed by atoms with van der Waals surface area (Å²) in [5, 5.41) is 0. The molecule has 0 aromatic heterocycles.